The Kier molecular flexibility index (Phi) is 11.5. The fourth-order valence-electron chi connectivity index (χ4n) is 3.77. The number of halogens is 2. The summed E-state index contributed by atoms with van der Waals surface area (Å²) < 4.78 is 26.4. The van der Waals surface area contributed by atoms with Crippen molar-refractivity contribution in [2.24, 2.45) is 0 Å². The van der Waals surface area contributed by atoms with E-state index in [1.807, 2.05) is 32.9 Å². The van der Waals surface area contributed by atoms with E-state index >= 15 is 0 Å². The summed E-state index contributed by atoms with van der Waals surface area (Å²) in [5.41, 5.74) is 2.03. The number of hydrogen-bond donors (Lipinski definition) is 1. The van der Waals surface area contributed by atoms with E-state index in [4.69, 9.17) is 23.2 Å². The van der Waals surface area contributed by atoms with Crippen LogP contribution in [0.4, 0.5) is 5.69 Å². The van der Waals surface area contributed by atoms with Gasteiger partial charge in [0.05, 0.1) is 11.9 Å². The molecule has 0 aromatic heterocycles. The molecule has 2 aromatic carbocycles. The first-order valence-corrected chi connectivity index (χ1v) is 14.7. The number of hydrogen-bond acceptors (Lipinski definition) is 4. The van der Waals surface area contributed by atoms with Crippen molar-refractivity contribution < 1.29 is 18.0 Å². The van der Waals surface area contributed by atoms with Crippen molar-refractivity contribution in [3.63, 3.8) is 0 Å². The molecule has 198 valence electrons. The van der Waals surface area contributed by atoms with Gasteiger partial charge < -0.3 is 10.2 Å². The van der Waals surface area contributed by atoms with Gasteiger partial charge in [0.1, 0.15) is 12.6 Å². The number of anilines is 1. The lowest BCUT2D eigenvalue weighted by Gasteiger charge is -2.33. The Balaban J connectivity index is 2.43. The highest BCUT2D eigenvalue weighted by Crippen LogP contribution is 2.25. The summed E-state index contributed by atoms with van der Waals surface area (Å²) in [6.45, 7) is 5.91. The molecule has 2 aromatic rings. The normalized spacial score (nSPS) is 12.2. The maximum Gasteiger partial charge on any atom is 0.244 e. The maximum atomic E-state index is 13.7. The molecule has 0 aliphatic rings. The zero-order valence-electron chi connectivity index (χ0n) is 21.3. The Morgan fingerprint density at radius 3 is 2.22 bits per heavy atom. The highest BCUT2D eigenvalue weighted by atomic mass is 35.5. The van der Waals surface area contributed by atoms with E-state index in [1.54, 1.807) is 30.3 Å². The molecule has 36 heavy (non-hydrogen) atoms. The lowest BCUT2D eigenvalue weighted by molar-refractivity contribution is -0.140. The van der Waals surface area contributed by atoms with Gasteiger partial charge in [-0.25, -0.2) is 8.42 Å². The molecule has 0 fully saturated rings. The van der Waals surface area contributed by atoms with Crippen LogP contribution < -0.4 is 9.62 Å². The minimum Gasteiger partial charge on any atom is -0.354 e. The standard InChI is InChI=1S/C26H35Cl2N3O4S/c1-5-8-15-29-26(33)24(7-3)30(17-20-11-12-21(27)16-23(20)28)25(32)18-31(36(4,34)35)22-13-9-19(6-2)10-14-22/h9-14,16,24H,5-8,15,17-18H2,1-4H3,(H,29,33). The minimum absolute atomic E-state index is 0.0287. The predicted molar refractivity (Wildman–Crippen MR) is 147 cm³/mol. The highest BCUT2D eigenvalue weighted by molar-refractivity contribution is 7.92. The van der Waals surface area contributed by atoms with Crippen LogP contribution in [0, 0.1) is 0 Å². The van der Waals surface area contributed by atoms with Crippen LogP contribution >= 0.6 is 23.2 Å². The summed E-state index contributed by atoms with van der Waals surface area (Å²) in [6.07, 6.45) is 3.94. The van der Waals surface area contributed by atoms with Crippen molar-refractivity contribution in [3.05, 3.63) is 63.6 Å². The van der Waals surface area contributed by atoms with Gasteiger partial charge in [0.25, 0.3) is 0 Å². The molecule has 0 saturated carbocycles. The maximum absolute atomic E-state index is 13.7. The number of carbonyl (C=O) groups excluding carboxylic acids is 2. The van der Waals surface area contributed by atoms with Gasteiger partial charge in [-0.2, -0.15) is 0 Å². The van der Waals surface area contributed by atoms with Crippen molar-refractivity contribution in [2.45, 2.75) is 59.0 Å². The minimum atomic E-state index is -3.78. The Bertz CT molecular complexity index is 1140. The fourth-order valence-corrected chi connectivity index (χ4v) is 5.09. The summed E-state index contributed by atoms with van der Waals surface area (Å²) in [5.74, 6) is -0.800. The summed E-state index contributed by atoms with van der Waals surface area (Å²) >= 11 is 12.4. The van der Waals surface area contributed by atoms with Gasteiger partial charge in [-0.3, -0.25) is 13.9 Å². The first-order chi connectivity index (χ1) is 17.0. The van der Waals surface area contributed by atoms with Crippen molar-refractivity contribution in [1.29, 1.82) is 0 Å². The number of nitrogens with one attached hydrogen (secondary N) is 1. The molecule has 0 saturated heterocycles. The molecular formula is C26H35Cl2N3O4S. The molecule has 2 rings (SSSR count). The number of unbranched alkanes of at least 4 members (excludes halogenated alkanes) is 1. The van der Waals surface area contributed by atoms with Gasteiger partial charge in [-0.05, 0) is 54.7 Å². The van der Waals surface area contributed by atoms with Crippen LogP contribution in [0.15, 0.2) is 42.5 Å². The van der Waals surface area contributed by atoms with Crippen LogP contribution in [0.2, 0.25) is 10.0 Å². The van der Waals surface area contributed by atoms with Gasteiger partial charge in [-0.1, -0.05) is 68.6 Å². The van der Waals surface area contributed by atoms with Crippen LogP contribution in [0.3, 0.4) is 0 Å². The fraction of sp³-hybridized carbons (Fsp3) is 0.462. The van der Waals surface area contributed by atoms with Crippen LogP contribution in [-0.2, 0) is 32.6 Å². The lowest BCUT2D eigenvalue weighted by Crippen LogP contribution is -2.52. The summed E-state index contributed by atoms with van der Waals surface area (Å²) in [6, 6.07) is 11.2. The molecule has 0 radical (unpaired) electrons. The van der Waals surface area contributed by atoms with Crippen LogP contribution in [0.25, 0.3) is 0 Å². The molecule has 7 nitrogen and oxygen atoms in total. The predicted octanol–water partition coefficient (Wildman–Crippen LogP) is 5.05. The van der Waals surface area contributed by atoms with Gasteiger partial charge in [0.2, 0.25) is 21.8 Å². The average molecular weight is 557 g/mol. The second-order valence-corrected chi connectivity index (χ2v) is 11.4. The third kappa shape index (κ3) is 8.39. The monoisotopic (exact) mass is 555 g/mol. The van der Waals surface area contributed by atoms with E-state index in [2.05, 4.69) is 5.32 Å². The topological polar surface area (TPSA) is 86.8 Å². The molecule has 2 amide bonds. The molecule has 10 heteroatoms. The number of carbonyl (C=O) groups is 2. The smallest absolute Gasteiger partial charge is 0.244 e. The number of aryl methyl sites for hydroxylation is 1. The van der Waals surface area contributed by atoms with Crippen LogP contribution in [-0.4, -0.2) is 50.5 Å². The second kappa shape index (κ2) is 13.9. The zero-order valence-corrected chi connectivity index (χ0v) is 23.6. The third-order valence-corrected chi connectivity index (χ3v) is 7.61. The summed E-state index contributed by atoms with van der Waals surface area (Å²) in [7, 11) is -3.78. The van der Waals surface area contributed by atoms with Crippen molar-refractivity contribution in [1.82, 2.24) is 10.2 Å². The van der Waals surface area contributed by atoms with Crippen LogP contribution in [0.5, 0.6) is 0 Å². The third-order valence-electron chi connectivity index (χ3n) is 5.88. The number of sulfonamides is 1. The summed E-state index contributed by atoms with van der Waals surface area (Å²) in [4.78, 5) is 28.1. The Morgan fingerprint density at radius 1 is 1.03 bits per heavy atom. The Morgan fingerprint density at radius 2 is 1.69 bits per heavy atom. The molecule has 0 heterocycles. The zero-order chi connectivity index (χ0) is 26.9. The van der Waals surface area contributed by atoms with E-state index in [0.29, 0.717) is 34.3 Å². The number of benzene rings is 2. The first kappa shape index (κ1) is 29.9. The Labute approximate surface area is 224 Å². The van der Waals surface area contributed by atoms with Gasteiger partial charge in [0.15, 0.2) is 0 Å². The van der Waals surface area contributed by atoms with Gasteiger partial charge in [-0.15, -0.1) is 0 Å². The Hall–Kier alpha value is -2.29. The van der Waals surface area contributed by atoms with Gasteiger partial charge in [0, 0.05) is 23.1 Å². The SMILES string of the molecule is CCCCNC(=O)C(CC)N(Cc1ccc(Cl)cc1Cl)C(=O)CN(c1ccc(CC)cc1)S(C)(=O)=O. The molecule has 1 N–H and O–H groups in total. The molecule has 0 bridgehead atoms. The molecule has 0 aliphatic heterocycles. The second-order valence-electron chi connectivity index (χ2n) is 8.62. The highest BCUT2D eigenvalue weighted by Gasteiger charge is 2.32. The van der Waals surface area contributed by atoms with E-state index in [9.17, 15) is 18.0 Å². The van der Waals surface area contributed by atoms with Crippen molar-refractivity contribution in [3.8, 4) is 0 Å². The van der Waals surface area contributed by atoms with Crippen LogP contribution in [0.1, 0.15) is 51.2 Å². The summed E-state index contributed by atoms with van der Waals surface area (Å²) in [5, 5.41) is 3.70. The van der Waals surface area contributed by atoms with E-state index in [1.165, 1.54) is 4.90 Å². The van der Waals surface area contributed by atoms with Crippen molar-refractivity contribution in [2.75, 3.05) is 23.7 Å². The number of nitrogens with zero attached hydrogens (tertiary/aromatic N) is 2. The largest absolute Gasteiger partial charge is 0.354 e. The average Bonchev–Trinajstić information content (AvgIpc) is 2.83. The first-order valence-electron chi connectivity index (χ1n) is 12.1. The molecule has 0 spiro atoms. The molecular weight excluding hydrogens is 521 g/mol. The van der Waals surface area contributed by atoms with E-state index in [0.717, 1.165) is 35.4 Å². The number of rotatable bonds is 13. The van der Waals surface area contributed by atoms with E-state index in [-0.39, 0.29) is 12.5 Å². The van der Waals surface area contributed by atoms with Gasteiger partial charge >= 0.3 is 0 Å². The van der Waals surface area contributed by atoms with Crippen molar-refractivity contribution >= 4 is 50.7 Å². The molecule has 1 unspecified atom stereocenters. The lowest BCUT2D eigenvalue weighted by atomic mass is 10.1. The quantitative estimate of drug-likeness (QED) is 0.350. The number of amides is 2. The molecule has 1 atom stereocenters. The molecule has 0 aliphatic carbocycles. The van der Waals surface area contributed by atoms with E-state index < -0.39 is 28.5 Å².